The van der Waals surface area contributed by atoms with Crippen molar-refractivity contribution in [3.8, 4) is 23.0 Å². The molecular formula is C30H44N4O6. The van der Waals surface area contributed by atoms with Gasteiger partial charge in [0.15, 0.2) is 23.0 Å². The summed E-state index contributed by atoms with van der Waals surface area (Å²) in [6.07, 6.45) is 5.64. The molecule has 1 fully saturated rings. The van der Waals surface area contributed by atoms with E-state index in [-0.39, 0.29) is 12.1 Å². The summed E-state index contributed by atoms with van der Waals surface area (Å²) in [5, 5.41) is 11.9. The Labute approximate surface area is 237 Å². The minimum Gasteiger partial charge on any atom is -0.493 e. The van der Waals surface area contributed by atoms with Crippen molar-refractivity contribution < 1.29 is 28.5 Å². The zero-order valence-corrected chi connectivity index (χ0v) is 24.1. The molecule has 4 amide bonds. The van der Waals surface area contributed by atoms with Crippen LogP contribution in [0.5, 0.6) is 23.0 Å². The fourth-order valence-corrected chi connectivity index (χ4v) is 5.09. The van der Waals surface area contributed by atoms with Crippen LogP contribution in [0.15, 0.2) is 36.4 Å². The van der Waals surface area contributed by atoms with Crippen LogP contribution in [0.25, 0.3) is 0 Å². The lowest BCUT2D eigenvalue weighted by Crippen LogP contribution is -2.42. The van der Waals surface area contributed by atoms with Crippen molar-refractivity contribution in [2.45, 2.75) is 38.5 Å². The molecule has 2 aromatic carbocycles. The predicted molar refractivity (Wildman–Crippen MR) is 155 cm³/mol. The van der Waals surface area contributed by atoms with Gasteiger partial charge in [-0.05, 0) is 79.3 Å². The van der Waals surface area contributed by atoms with Crippen molar-refractivity contribution in [3.05, 3.63) is 47.5 Å². The van der Waals surface area contributed by atoms with Crippen molar-refractivity contribution in [1.29, 1.82) is 0 Å². The Hall–Kier alpha value is -3.82. The van der Waals surface area contributed by atoms with Gasteiger partial charge in [-0.1, -0.05) is 18.6 Å². The molecule has 10 heteroatoms. The van der Waals surface area contributed by atoms with E-state index in [4.69, 9.17) is 18.9 Å². The molecule has 4 N–H and O–H groups in total. The molecule has 1 aliphatic rings. The van der Waals surface area contributed by atoms with Crippen molar-refractivity contribution in [3.63, 3.8) is 0 Å². The van der Waals surface area contributed by atoms with E-state index in [1.54, 1.807) is 28.4 Å². The monoisotopic (exact) mass is 556 g/mol. The lowest BCUT2D eigenvalue weighted by molar-refractivity contribution is 0.222. The average molecular weight is 557 g/mol. The van der Waals surface area contributed by atoms with Crippen LogP contribution in [0.1, 0.15) is 36.8 Å². The first kappa shape index (κ1) is 30.7. The number of hydrogen-bond acceptors (Lipinski definition) is 6. The molecule has 0 saturated heterocycles. The second-order valence-electron chi connectivity index (χ2n) is 10.1. The molecule has 0 bridgehead atoms. The zero-order chi connectivity index (χ0) is 28.7. The summed E-state index contributed by atoms with van der Waals surface area (Å²) in [7, 11) is 6.43. The van der Waals surface area contributed by atoms with Crippen LogP contribution in [0.2, 0.25) is 0 Å². The van der Waals surface area contributed by atoms with E-state index < -0.39 is 0 Å². The van der Waals surface area contributed by atoms with E-state index in [0.29, 0.717) is 73.9 Å². The van der Waals surface area contributed by atoms with Crippen LogP contribution in [-0.2, 0) is 12.8 Å². The second kappa shape index (κ2) is 16.3. The Balaban J connectivity index is 1.29. The molecule has 40 heavy (non-hydrogen) atoms. The molecule has 0 radical (unpaired) electrons. The third kappa shape index (κ3) is 9.73. The maximum Gasteiger partial charge on any atom is 0.314 e. The van der Waals surface area contributed by atoms with E-state index in [0.717, 1.165) is 36.8 Å². The van der Waals surface area contributed by atoms with Crippen molar-refractivity contribution >= 4 is 12.1 Å². The highest BCUT2D eigenvalue weighted by molar-refractivity contribution is 5.74. The van der Waals surface area contributed by atoms with Gasteiger partial charge in [0.2, 0.25) is 0 Å². The van der Waals surface area contributed by atoms with E-state index in [1.165, 1.54) is 0 Å². The molecule has 0 spiro atoms. The van der Waals surface area contributed by atoms with Crippen molar-refractivity contribution in [2.75, 3.05) is 54.6 Å². The van der Waals surface area contributed by atoms with Gasteiger partial charge in [-0.2, -0.15) is 0 Å². The molecular weight excluding hydrogens is 512 g/mol. The fourth-order valence-electron chi connectivity index (χ4n) is 5.09. The molecule has 220 valence electrons. The molecule has 2 atom stereocenters. The first-order chi connectivity index (χ1) is 19.4. The molecule has 2 unspecified atom stereocenters. The van der Waals surface area contributed by atoms with Gasteiger partial charge in [-0.25, -0.2) is 9.59 Å². The minimum absolute atomic E-state index is 0.158. The van der Waals surface area contributed by atoms with Crippen molar-refractivity contribution in [1.82, 2.24) is 21.3 Å². The third-order valence-corrected chi connectivity index (χ3v) is 7.29. The quantitative estimate of drug-likeness (QED) is 0.280. The highest BCUT2D eigenvalue weighted by atomic mass is 16.5. The lowest BCUT2D eigenvalue weighted by atomic mass is 9.81. The van der Waals surface area contributed by atoms with Crippen LogP contribution in [0, 0.1) is 11.8 Å². The van der Waals surface area contributed by atoms with E-state index in [1.807, 2.05) is 36.4 Å². The summed E-state index contributed by atoms with van der Waals surface area (Å²) in [5.41, 5.74) is 2.12. The summed E-state index contributed by atoms with van der Waals surface area (Å²) >= 11 is 0. The van der Waals surface area contributed by atoms with Crippen LogP contribution in [-0.4, -0.2) is 66.7 Å². The number of ether oxygens (including phenoxy) is 4. The Kier molecular flexibility index (Phi) is 12.5. The smallest absolute Gasteiger partial charge is 0.314 e. The molecule has 0 heterocycles. The number of amides is 4. The highest BCUT2D eigenvalue weighted by Crippen LogP contribution is 2.29. The Bertz CT molecular complexity index is 1010. The number of urea groups is 2. The molecule has 10 nitrogen and oxygen atoms in total. The van der Waals surface area contributed by atoms with Crippen LogP contribution in [0.4, 0.5) is 9.59 Å². The summed E-state index contributed by atoms with van der Waals surface area (Å²) in [4.78, 5) is 24.6. The lowest BCUT2D eigenvalue weighted by Gasteiger charge is -2.29. The Morgan fingerprint density at radius 3 is 1.48 bits per heavy atom. The first-order valence-electron chi connectivity index (χ1n) is 13.9. The van der Waals surface area contributed by atoms with Crippen LogP contribution >= 0.6 is 0 Å². The average Bonchev–Trinajstić information content (AvgIpc) is 2.99. The van der Waals surface area contributed by atoms with Gasteiger partial charge >= 0.3 is 12.1 Å². The van der Waals surface area contributed by atoms with Crippen molar-refractivity contribution in [2.24, 2.45) is 11.8 Å². The minimum atomic E-state index is -0.158. The molecule has 1 saturated carbocycles. The maximum atomic E-state index is 12.3. The standard InChI is InChI=1S/C30H44N4O6/c1-37-25-10-8-21(17-27(25)39-3)12-14-31-29(35)33-19-23-6-5-7-24(16-23)20-34-30(36)32-15-13-22-9-11-26(38-2)28(18-22)40-4/h8-11,17-18,23-24H,5-7,12-16,19-20H2,1-4H3,(H2,31,33,35)(H2,32,34,36). The third-order valence-electron chi connectivity index (χ3n) is 7.29. The summed E-state index contributed by atoms with van der Waals surface area (Å²) in [6.45, 7) is 2.33. The largest absolute Gasteiger partial charge is 0.493 e. The van der Waals surface area contributed by atoms with Gasteiger partial charge < -0.3 is 40.2 Å². The highest BCUT2D eigenvalue weighted by Gasteiger charge is 2.23. The number of benzene rings is 2. The van der Waals surface area contributed by atoms with Gasteiger partial charge in [0.25, 0.3) is 0 Å². The molecule has 3 rings (SSSR count). The Morgan fingerprint density at radius 2 is 1.07 bits per heavy atom. The molecule has 2 aromatic rings. The number of nitrogens with one attached hydrogen (secondary N) is 4. The van der Waals surface area contributed by atoms with E-state index in [9.17, 15) is 9.59 Å². The molecule has 0 aliphatic heterocycles. The van der Waals surface area contributed by atoms with Gasteiger partial charge in [0.1, 0.15) is 0 Å². The normalized spacial score (nSPS) is 16.4. The number of rotatable bonds is 14. The number of carbonyl (C=O) groups excluding carboxylic acids is 2. The van der Waals surface area contributed by atoms with E-state index in [2.05, 4.69) is 21.3 Å². The molecule has 1 aliphatic carbocycles. The topological polar surface area (TPSA) is 119 Å². The maximum absolute atomic E-state index is 12.3. The summed E-state index contributed by atoms with van der Waals surface area (Å²) in [6, 6.07) is 11.2. The Morgan fingerprint density at radius 1 is 0.650 bits per heavy atom. The summed E-state index contributed by atoms with van der Waals surface area (Å²) in [5.74, 6) is 3.54. The predicted octanol–water partition coefficient (Wildman–Crippen LogP) is 3.91. The number of methoxy groups -OCH3 is 4. The fraction of sp³-hybridized carbons (Fsp3) is 0.533. The summed E-state index contributed by atoms with van der Waals surface area (Å²) < 4.78 is 21.2. The molecule has 0 aromatic heterocycles. The van der Waals surface area contributed by atoms with Crippen LogP contribution in [0.3, 0.4) is 0 Å². The number of carbonyl (C=O) groups is 2. The van der Waals surface area contributed by atoms with Gasteiger partial charge in [-0.15, -0.1) is 0 Å². The second-order valence-corrected chi connectivity index (χ2v) is 10.1. The first-order valence-corrected chi connectivity index (χ1v) is 13.9. The van der Waals surface area contributed by atoms with Gasteiger partial charge in [-0.3, -0.25) is 0 Å². The number of hydrogen-bond donors (Lipinski definition) is 4. The van der Waals surface area contributed by atoms with Gasteiger partial charge in [0, 0.05) is 26.2 Å². The van der Waals surface area contributed by atoms with Crippen LogP contribution < -0.4 is 40.2 Å². The SMILES string of the molecule is COc1ccc(CCNC(=O)NCC2CCCC(CNC(=O)NCCc3ccc(OC)c(OC)c3)C2)cc1OC. The van der Waals surface area contributed by atoms with Gasteiger partial charge in [0.05, 0.1) is 28.4 Å². The van der Waals surface area contributed by atoms with E-state index >= 15 is 0 Å². The zero-order valence-electron chi connectivity index (χ0n) is 24.1.